The number of furan rings is 2. The predicted octanol–water partition coefficient (Wildman–Crippen LogP) is 13.4. The van der Waals surface area contributed by atoms with Crippen molar-refractivity contribution in [2.45, 2.75) is 0 Å². The summed E-state index contributed by atoms with van der Waals surface area (Å²) in [6.07, 6.45) is 0. The molecule has 0 radical (unpaired) electrons. The van der Waals surface area contributed by atoms with Crippen LogP contribution in [-0.2, 0) is 0 Å². The van der Waals surface area contributed by atoms with Crippen molar-refractivity contribution in [3.05, 3.63) is 176 Å². The van der Waals surface area contributed by atoms with Gasteiger partial charge < -0.3 is 13.7 Å². The highest BCUT2D eigenvalue weighted by Gasteiger charge is 2.21. The summed E-state index contributed by atoms with van der Waals surface area (Å²) in [6, 6.07) is 61.9. The molecule has 0 spiro atoms. The van der Waals surface area contributed by atoms with Crippen molar-refractivity contribution >= 4 is 71.7 Å². The Labute approximate surface area is 282 Å². The van der Waals surface area contributed by atoms with Gasteiger partial charge in [0.2, 0.25) is 0 Å². The number of hydrogen-bond acceptors (Lipinski definition) is 3. The highest BCUT2D eigenvalue weighted by Crippen LogP contribution is 2.45. The highest BCUT2D eigenvalue weighted by molar-refractivity contribution is 6.19. The number of hydrogen-bond donors (Lipinski definition) is 0. The van der Waals surface area contributed by atoms with E-state index in [2.05, 4.69) is 169 Å². The lowest BCUT2D eigenvalue weighted by Crippen LogP contribution is -2.10. The van der Waals surface area contributed by atoms with Crippen LogP contribution in [0.1, 0.15) is 0 Å². The fourth-order valence-corrected chi connectivity index (χ4v) is 7.37. The summed E-state index contributed by atoms with van der Waals surface area (Å²) < 4.78 is 13.1. The van der Waals surface area contributed by atoms with Crippen LogP contribution in [0.25, 0.3) is 76.9 Å². The second-order valence-electron chi connectivity index (χ2n) is 12.5. The van der Waals surface area contributed by atoms with Crippen LogP contribution in [0.4, 0.5) is 17.1 Å². The van der Waals surface area contributed by atoms with Gasteiger partial charge in [0.05, 0.1) is 11.1 Å². The fraction of sp³-hybridized carbons (Fsp3) is 0. The first-order valence-corrected chi connectivity index (χ1v) is 16.6. The SMILES string of the molecule is c1ccc(-c2ccc(N(c3cccc(-c4cccc5c4oc4ccccc45)c3)c3cccc4oc5c6ccccc6ccc5c34)cc2)cc1. The largest absolute Gasteiger partial charge is 0.455 e. The van der Waals surface area contributed by atoms with Gasteiger partial charge in [-0.2, -0.15) is 0 Å². The second-order valence-corrected chi connectivity index (χ2v) is 12.5. The summed E-state index contributed by atoms with van der Waals surface area (Å²) in [5.74, 6) is 0. The second kappa shape index (κ2) is 11.0. The van der Waals surface area contributed by atoms with Crippen molar-refractivity contribution in [3.63, 3.8) is 0 Å². The molecule has 10 aromatic rings. The minimum atomic E-state index is 0.859. The van der Waals surface area contributed by atoms with Gasteiger partial charge in [-0.3, -0.25) is 0 Å². The maximum Gasteiger partial charge on any atom is 0.143 e. The Morgan fingerprint density at radius 1 is 0.367 bits per heavy atom. The van der Waals surface area contributed by atoms with Gasteiger partial charge in [-0.15, -0.1) is 0 Å². The monoisotopic (exact) mass is 627 g/mol. The molecule has 8 aromatic carbocycles. The Kier molecular flexibility index (Phi) is 6.18. The van der Waals surface area contributed by atoms with E-state index in [0.29, 0.717) is 0 Å². The van der Waals surface area contributed by atoms with Crippen molar-refractivity contribution in [3.8, 4) is 22.3 Å². The molecule has 3 nitrogen and oxygen atoms in total. The van der Waals surface area contributed by atoms with Crippen molar-refractivity contribution in [2.24, 2.45) is 0 Å². The summed E-state index contributed by atoms with van der Waals surface area (Å²) in [5, 5.41) is 6.70. The molecule has 0 saturated heterocycles. The standard InChI is InChI=1S/C46H29NO2/c1-2-11-30(12-3-1)31-23-26-34(27-24-31)47(41-20-10-22-43-44(41)40-28-25-32-13-4-5-16-36(32)46(40)49-43)35-15-8-14-33(29-35)37-18-9-19-39-38-17-6-7-21-42(38)48-45(37)39/h1-29H. The fourth-order valence-electron chi connectivity index (χ4n) is 7.37. The number of rotatable bonds is 5. The Bertz CT molecular complexity index is 2830. The molecule has 0 unspecified atom stereocenters. The lowest BCUT2D eigenvalue weighted by atomic mass is 10.0. The van der Waals surface area contributed by atoms with Gasteiger partial charge in [-0.25, -0.2) is 0 Å². The Hall–Kier alpha value is -6.58. The maximum atomic E-state index is 6.64. The average Bonchev–Trinajstić information content (AvgIpc) is 3.75. The first kappa shape index (κ1) is 27.5. The maximum absolute atomic E-state index is 6.64. The first-order chi connectivity index (χ1) is 24.3. The smallest absolute Gasteiger partial charge is 0.143 e. The van der Waals surface area contributed by atoms with E-state index in [-0.39, 0.29) is 0 Å². The Balaban J connectivity index is 1.20. The normalized spacial score (nSPS) is 11.7. The van der Waals surface area contributed by atoms with Gasteiger partial charge >= 0.3 is 0 Å². The van der Waals surface area contributed by atoms with Crippen LogP contribution in [0.2, 0.25) is 0 Å². The molecular formula is C46H29NO2. The van der Waals surface area contributed by atoms with E-state index < -0.39 is 0 Å². The lowest BCUT2D eigenvalue weighted by molar-refractivity contribution is 0.670. The minimum absolute atomic E-state index is 0.859. The summed E-state index contributed by atoms with van der Waals surface area (Å²) in [6.45, 7) is 0. The van der Waals surface area contributed by atoms with E-state index in [1.165, 1.54) is 11.1 Å². The first-order valence-electron chi connectivity index (χ1n) is 16.6. The van der Waals surface area contributed by atoms with Crippen LogP contribution in [0.15, 0.2) is 185 Å². The Morgan fingerprint density at radius 3 is 1.94 bits per heavy atom. The van der Waals surface area contributed by atoms with Crippen LogP contribution < -0.4 is 4.90 Å². The number of nitrogens with zero attached hydrogens (tertiary/aromatic N) is 1. The molecule has 0 fully saturated rings. The van der Waals surface area contributed by atoms with E-state index in [9.17, 15) is 0 Å². The predicted molar refractivity (Wildman–Crippen MR) is 204 cm³/mol. The molecule has 2 heterocycles. The third kappa shape index (κ3) is 4.44. The topological polar surface area (TPSA) is 29.5 Å². The number of para-hydroxylation sites is 2. The Morgan fingerprint density at radius 2 is 1.04 bits per heavy atom. The molecule has 0 atom stereocenters. The van der Waals surface area contributed by atoms with E-state index in [4.69, 9.17) is 8.83 Å². The molecule has 0 aliphatic carbocycles. The zero-order valence-electron chi connectivity index (χ0n) is 26.5. The molecule has 0 bridgehead atoms. The van der Waals surface area contributed by atoms with Crippen molar-refractivity contribution in [1.82, 2.24) is 0 Å². The van der Waals surface area contributed by atoms with Crippen LogP contribution in [0.3, 0.4) is 0 Å². The average molecular weight is 628 g/mol. The highest BCUT2D eigenvalue weighted by atomic mass is 16.3. The number of benzene rings is 8. The molecule has 3 heteroatoms. The molecule has 0 amide bonds. The van der Waals surface area contributed by atoms with E-state index in [1.54, 1.807) is 0 Å². The zero-order valence-corrected chi connectivity index (χ0v) is 26.5. The number of anilines is 3. The summed E-state index contributed by atoms with van der Waals surface area (Å²) in [4.78, 5) is 2.35. The quantitative estimate of drug-likeness (QED) is 0.190. The van der Waals surface area contributed by atoms with E-state index in [0.717, 1.165) is 82.8 Å². The van der Waals surface area contributed by atoms with Gasteiger partial charge in [0.25, 0.3) is 0 Å². The summed E-state index contributed by atoms with van der Waals surface area (Å²) >= 11 is 0. The van der Waals surface area contributed by atoms with Gasteiger partial charge in [-0.1, -0.05) is 127 Å². The lowest BCUT2D eigenvalue weighted by Gasteiger charge is -2.27. The molecular weight excluding hydrogens is 599 g/mol. The van der Waals surface area contributed by atoms with Gasteiger partial charge in [0.15, 0.2) is 0 Å². The third-order valence-corrected chi connectivity index (χ3v) is 9.66. The zero-order chi connectivity index (χ0) is 32.3. The van der Waals surface area contributed by atoms with E-state index in [1.807, 2.05) is 12.1 Å². The van der Waals surface area contributed by atoms with E-state index >= 15 is 0 Å². The molecule has 10 rings (SSSR count). The number of fused-ring (bicyclic) bond motifs is 8. The van der Waals surface area contributed by atoms with Gasteiger partial charge in [0, 0.05) is 38.5 Å². The van der Waals surface area contributed by atoms with Crippen molar-refractivity contribution in [1.29, 1.82) is 0 Å². The molecule has 49 heavy (non-hydrogen) atoms. The van der Waals surface area contributed by atoms with Crippen LogP contribution >= 0.6 is 0 Å². The summed E-state index contributed by atoms with van der Waals surface area (Å²) in [7, 11) is 0. The van der Waals surface area contributed by atoms with Crippen molar-refractivity contribution in [2.75, 3.05) is 4.90 Å². The van der Waals surface area contributed by atoms with Crippen LogP contribution in [0.5, 0.6) is 0 Å². The van der Waals surface area contributed by atoms with Crippen LogP contribution in [0, 0.1) is 0 Å². The molecule has 0 aliphatic heterocycles. The molecule has 0 N–H and O–H groups in total. The van der Waals surface area contributed by atoms with Crippen LogP contribution in [-0.4, -0.2) is 0 Å². The van der Waals surface area contributed by atoms with Crippen molar-refractivity contribution < 1.29 is 8.83 Å². The summed E-state index contributed by atoms with van der Waals surface area (Å²) in [5.41, 5.74) is 11.2. The third-order valence-electron chi connectivity index (χ3n) is 9.66. The molecule has 230 valence electrons. The minimum Gasteiger partial charge on any atom is -0.455 e. The molecule has 0 aliphatic rings. The molecule has 0 saturated carbocycles. The van der Waals surface area contributed by atoms with Gasteiger partial charge in [0.1, 0.15) is 22.3 Å². The molecule has 2 aromatic heterocycles. The van der Waals surface area contributed by atoms with Gasteiger partial charge in [-0.05, 0) is 70.6 Å².